The minimum atomic E-state index is -0.102. The second kappa shape index (κ2) is 22.8. The molecular weight excluding hydrogens is 1090 g/mol. The number of aromatic nitrogens is 1. The van der Waals surface area contributed by atoms with Gasteiger partial charge in [-0.1, -0.05) is 290 Å². The van der Waals surface area contributed by atoms with Crippen LogP contribution in [0.4, 0.5) is 0 Å². The number of para-hydroxylation sites is 1. The third-order valence-electron chi connectivity index (χ3n) is 19.2. The van der Waals surface area contributed by atoms with E-state index < -0.39 is 0 Å². The van der Waals surface area contributed by atoms with Gasteiger partial charge in [0.1, 0.15) is 0 Å². The molecular formula is C90H109N. The van der Waals surface area contributed by atoms with Gasteiger partial charge in [-0.15, -0.1) is 0 Å². The molecule has 0 bridgehead atoms. The van der Waals surface area contributed by atoms with Crippen molar-refractivity contribution in [2.24, 2.45) is 0 Å². The fourth-order valence-corrected chi connectivity index (χ4v) is 12.8. The number of benzene rings is 9. The average molecular weight is 1200 g/mol. The number of rotatable bonds is 7. The Balaban J connectivity index is 1.30. The third-order valence-corrected chi connectivity index (χ3v) is 19.2. The minimum absolute atomic E-state index is 0.0358. The topological polar surface area (TPSA) is 4.93 Å². The lowest BCUT2D eigenvalue weighted by Gasteiger charge is -2.27. The fraction of sp³-hybridized carbons (Fsp3) is 0.400. The highest BCUT2D eigenvalue weighted by molar-refractivity contribution is 6.12. The molecule has 0 amide bonds. The molecule has 0 aliphatic rings. The largest absolute Gasteiger partial charge is 0.309 e. The summed E-state index contributed by atoms with van der Waals surface area (Å²) in [7, 11) is 0. The summed E-state index contributed by atoms with van der Waals surface area (Å²) in [5.41, 5.74) is 30.1. The molecule has 0 radical (unpaired) electrons. The van der Waals surface area contributed by atoms with Gasteiger partial charge in [0.05, 0.1) is 11.0 Å². The SMILES string of the molecule is CC(C)(C)c1cc(-c2cc(-c3cc(C(C)(C)C)cc(C(C)(C)C)c3)cc(-c3ccc4c(c3)c3cc(-c5cc(-c6cc(C(C)(C)C)cc(C(C)(C)C)c6)cc(-c6cc(C(C)(C)C)cc(C(C)(C)C)c6)c5)ccc3n4-c3ccccc3C(C)(C)C)c2)cc(C(C)(C)C)c1. The quantitative estimate of drug-likeness (QED) is 0.150. The molecule has 0 unspecified atom stereocenters. The maximum atomic E-state index is 2.55. The van der Waals surface area contributed by atoms with E-state index in [1.54, 1.807) is 0 Å². The van der Waals surface area contributed by atoms with E-state index in [4.69, 9.17) is 0 Å². The Hall–Kier alpha value is -7.22. The van der Waals surface area contributed by atoms with Crippen LogP contribution >= 0.6 is 0 Å². The predicted octanol–water partition coefficient (Wildman–Crippen LogP) is 26.5. The summed E-state index contributed by atoms with van der Waals surface area (Å²) in [5.74, 6) is 0. The lowest BCUT2D eigenvalue weighted by atomic mass is 9.77. The van der Waals surface area contributed by atoms with E-state index in [9.17, 15) is 0 Å². The van der Waals surface area contributed by atoms with Crippen molar-refractivity contribution >= 4 is 21.8 Å². The van der Waals surface area contributed by atoms with E-state index in [2.05, 4.69) is 361 Å². The van der Waals surface area contributed by atoms with Crippen molar-refractivity contribution in [3.05, 3.63) is 220 Å². The highest BCUT2D eigenvalue weighted by atomic mass is 15.0. The maximum Gasteiger partial charge on any atom is 0.0541 e. The summed E-state index contributed by atoms with van der Waals surface area (Å²) in [6, 6.07) is 68.1. The molecule has 1 nitrogen and oxygen atoms in total. The van der Waals surface area contributed by atoms with Gasteiger partial charge in [0, 0.05) is 16.5 Å². The predicted molar refractivity (Wildman–Crippen MR) is 402 cm³/mol. The summed E-state index contributed by atoms with van der Waals surface area (Å²) < 4.78 is 2.55. The molecule has 0 saturated heterocycles. The van der Waals surface area contributed by atoms with Crippen LogP contribution in [-0.4, -0.2) is 4.57 Å². The van der Waals surface area contributed by atoms with Crippen molar-refractivity contribution in [3.8, 4) is 72.4 Å². The molecule has 0 aliphatic heterocycles. The maximum absolute atomic E-state index is 2.55. The zero-order chi connectivity index (χ0) is 66.9. The highest BCUT2D eigenvalue weighted by Gasteiger charge is 2.29. The van der Waals surface area contributed by atoms with Crippen LogP contribution in [0, 0.1) is 0 Å². The zero-order valence-electron chi connectivity index (χ0n) is 61.1. The Kier molecular flexibility index (Phi) is 16.7. The first-order valence-electron chi connectivity index (χ1n) is 33.9. The van der Waals surface area contributed by atoms with Crippen molar-refractivity contribution in [2.45, 2.75) is 236 Å². The van der Waals surface area contributed by atoms with E-state index in [1.165, 1.54) is 144 Å². The first kappa shape index (κ1) is 66.7. The monoisotopic (exact) mass is 1200 g/mol. The van der Waals surface area contributed by atoms with Crippen LogP contribution in [0.25, 0.3) is 94.3 Å². The minimum Gasteiger partial charge on any atom is -0.309 e. The Morgan fingerprint density at radius 2 is 0.396 bits per heavy atom. The summed E-state index contributed by atoms with van der Waals surface area (Å²) in [6.07, 6.45) is 0. The molecule has 0 saturated carbocycles. The molecule has 0 aliphatic carbocycles. The van der Waals surface area contributed by atoms with E-state index in [0.29, 0.717) is 0 Å². The van der Waals surface area contributed by atoms with Gasteiger partial charge in [-0.05, 0) is 232 Å². The molecule has 474 valence electrons. The third kappa shape index (κ3) is 14.1. The van der Waals surface area contributed by atoms with Crippen molar-refractivity contribution in [2.75, 3.05) is 0 Å². The van der Waals surface area contributed by atoms with Gasteiger partial charge in [0.25, 0.3) is 0 Å². The molecule has 0 fully saturated rings. The van der Waals surface area contributed by atoms with Crippen LogP contribution in [0.15, 0.2) is 170 Å². The molecule has 1 aromatic heterocycles. The average Bonchev–Trinajstić information content (AvgIpc) is 1.61. The number of hydrogen-bond donors (Lipinski definition) is 0. The fourth-order valence-electron chi connectivity index (χ4n) is 12.8. The highest BCUT2D eigenvalue weighted by Crippen LogP contribution is 2.46. The van der Waals surface area contributed by atoms with Crippen LogP contribution in [-0.2, 0) is 48.7 Å². The summed E-state index contributed by atoms with van der Waals surface area (Å²) >= 11 is 0. The van der Waals surface area contributed by atoms with Crippen LogP contribution < -0.4 is 0 Å². The first-order chi connectivity index (χ1) is 41.7. The standard InChI is InChI=1S/C90H109N/c1-82(2,3)68-42-64(43-69(52-68)83(4,5)6)60-36-58(37-61(40-60)65-44-70(84(7,8)9)53-71(45-65)85(10,11)12)56-32-34-79-76(50-56)77-51-57(33-35-80(77)91(79)81-31-29-28-30-78(81)90(25,26)27)59-38-62(66-46-72(86(13,14)15)54-73(47-66)87(16,17)18)41-63(39-59)67-48-74(88(19,20)21)55-75(49-67)89(22,23)24/h28-55H,1-27H3. The van der Waals surface area contributed by atoms with Gasteiger partial charge in [-0.2, -0.15) is 0 Å². The zero-order valence-corrected chi connectivity index (χ0v) is 61.1. The lowest BCUT2D eigenvalue weighted by molar-refractivity contribution is 0.568. The number of hydrogen-bond acceptors (Lipinski definition) is 0. The number of nitrogens with zero attached hydrogens (tertiary/aromatic N) is 1. The lowest BCUT2D eigenvalue weighted by Crippen LogP contribution is -2.16. The van der Waals surface area contributed by atoms with E-state index in [1.807, 2.05) is 0 Å². The Labute approximate surface area is 551 Å². The first-order valence-corrected chi connectivity index (χ1v) is 33.9. The molecule has 10 aromatic rings. The molecule has 10 rings (SSSR count). The van der Waals surface area contributed by atoms with Crippen LogP contribution in [0.3, 0.4) is 0 Å². The number of fused-ring (bicyclic) bond motifs is 3. The summed E-state index contributed by atoms with van der Waals surface area (Å²) in [5, 5.41) is 2.47. The van der Waals surface area contributed by atoms with Gasteiger partial charge < -0.3 is 4.57 Å². The van der Waals surface area contributed by atoms with Gasteiger partial charge in [0.15, 0.2) is 0 Å². The van der Waals surface area contributed by atoms with Gasteiger partial charge >= 0.3 is 0 Å². The van der Waals surface area contributed by atoms with Crippen LogP contribution in [0.1, 0.15) is 237 Å². The molecule has 0 spiro atoms. The molecule has 9 aromatic carbocycles. The van der Waals surface area contributed by atoms with Gasteiger partial charge in [0.2, 0.25) is 0 Å². The van der Waals surface area contributed by atoms with E-state index >= 15 is 0 Å². The second-order valence-corrected chi connectivity index (χ2v) is 36.4. The Bertz CT molecular complexity index is 3840. The molecule has 1 heterocycles. The molecule has 0 N–H and O–H groups in total. The van der Waals surface area contributed by atoms with Crippen LogP contribution in [0.2, 0.25) is 0 Å². The van der Waals surface area contributed by atoms with Crippen molar-refractivity contribution in [1.82, 2.24) is 4.57 Å². The van der Waals surface area contributed by atoms with Crippen molar-refractivity contribution in [3.63, 3.8) is 0 Å². The van der Waals surface area contributed by atoms with Crippen LogP contribution in [0.5, 0.6) is 0 Å². The smallest absolute Gasteiger partial charge is 0.0541 e. The van der Waals surface area contributed by atoms with E-state index in [0.717, 1.165) is 0 Å². The van der Waals surface area contributed by atoms with Crippen molar-refractivity contribution < 1.29 is 0 Å². The Morgan fingerprint density at radius 1 is 0.187 bits per heavy atom. The Morgan fingerprint density at radius 3 is 0.615 bits per heavy atom. The second-order valence-electron chi connectivity index (χ2n) is 36.4. The van der Waals surface area contributed by atoms with Crippen molar-refractivity contribution in [1.29, 1.82) is 0 Å². The summed E-state index contributed by atoms with van der Waals surface area (Å²) in [4.78, 5) is 0. The van der Waals surface area contributed by atoms with Gasteiger partial charge in [-0.25, -0.2) is 0 Å². The van der Waals surface area contributed by atoms with Gasteiger partial charge in [-0.3, -0.25) is 0 Å². The molecule has 0 atom stereocenters. The van der Waals surface area contributed by atoms with E-state index in [-0.39, 0.29) is 48.7 Å². The molecule has 1 heteroatoms. The summed E-state index contributed by atoms with van der Waals surface area (Å²) in [6.45, 7) is 63.4. The normalized spacial score (nSPS) is 13.4. The molecule has 91 heavy (non-hydrogen) atoms.